The highest BCUT2D eigenvalue weighted by molar-refractivity contribution is 6.01. The van der Waals surface area contributed by atoms with Gasteiger partial charge in [-0.3, -0.25) is 9.59 Å². The fraction of sp³-hybridized carbons (Fsp3) is 0.739. The Morgan fingerprint density at radius 2 is 1.96 bits per heavy atom. The highest BCUT2D eigenvalue weighted by Crippen LogP contribution is 2.66. The lowest BCUT2D eigenvalue weighted by Gasteiger charge is -2.57. The van der Waals surface area contributed by atoms with Crippen molar-refractivity contribution in [3.05, 3.63) is 23.8 Å². The van der Waals surface area contributed by atoms with E-state index in [1.165, 1.54) is 44.6 Å². The molecule has 7 atom stereocenters. The lowest BCUT2D eigenvalue weighted by Crippen LogP contribution is -2.50. The van der Waals surface area contributed by atoms with Gasteiger partial charge in [0.2, 0.25) is 0 Å². The van der Waals surface area contributed by atoms with E-state index in [0.717, 1.165) is 12.3 Å². The number of hydrogen-bond donors (Lipinski definition) is 0. The molecule has 0 aromatic rings. The third kappa shape index (κ3) is 2.53. The molecule has 4 aliphatic carbocycles. The minimum absolute atomic E-state index is 0.0147. The summed E-state index contributed by atoms with van der Waals surface area (Å²) < 4.78 is 5.61. The molecule has 26 heavy (non-hydrogen) atoms. The Hall–Kier alpha value is -1.38. The summed E-state index contributed by atoms with van der Waals surface area (Å²) in [5.74, 6) is 2.57. The maximum absolute atomic E-state index is 11.9. The molecular weight excluding hydrogens is 324 g/mol. The number of rotatable bonds is 2. The summed E-state index contributed by atoms with van der Waals surface area (Å²) in [6.07, 6.45) is 13.0. The minimum atomic E-state index is -0.157. The summed E-state index contributed by atoms with van der Waals surface area (Å²) in [7, 11) is 0. The van der Waals surface area contributed by atoms with Gasteiger partial charge < -0.3 is 4.74 Å². The predicted molar refractivity (Wildman–Crippen MR) is 101 cm³/mol. The summed E-state index contributed by atoms with van der Waals surface area (Å²) in [5.41, 5.74) is 1.71. The minimum Gasteiger partial charge on any atom is -0.463 e. The van der Waals surface area contributed by atoms with Gasteiger partial charge in [-0.25, -0.2) is 0 Å². The number of fused-ring (bicyclic) bond motifs is 5. The first-order valence-electron chi connectivity index (χ1n) is 10.4. The molecule has 0 bridgehead atoms. The molecule has 0 aromatic carbocycles. The van der Waals surface area contributed by atoms with Crippen molar-refractivity contribution in [2.75, 3.05) is 0 Å². The second-order valence-electron chi connectivity index (χ2n) is 9.65. The van der Waals surface area contributed by atoms with Gasteiger partial charge in [-0.1, -0.05) is 25.5 Å². The maximum Gasteiger partial charge on any atom is 0.302 e. The van der Waals surface area contributed by atoms with Gasteiger partial charge in [-0.15, -0.1) is 0 Å². The van der Waals surface area contributed by atoms with Crippen LogP contribution < -0.4 is 0 Å². The average Bonchev–Trinajstić information content (AvgIpc) is 2.92. The Labute approximate surface area is 157 Å². The summed E-state index contributed by atoms with van der Waals surface area (Å²) in [5, 5.41) is 0. The Morgan fingerprint density at radius 3 is 2.69 bits per heavy atom. The zero-order chi connectivity index (χ0) is 18.7. The Morgan fingerprint density at radius 1 is 1.19 bits per heavy atom. The molecule has 3 fully saturated rings. The van der Waals surface area contributed by atoms with Crippen LogP contribution in [0.4, 0.5) is 0 Å². The van der Waals surface area contributed by atoms with E-state index in [4.69, 9.17) is 4.74 Å². The van der Waals surface area contributed by atoms with Crippen molar-refractivity contribution >= 4 is 11.8 Å². The molecule has 0 N–H and O–H groups in total. The second kappa shape index (κ2) is 6.07. The largest absolute Gasteiger partial charge is 0.463 e. The van der Waals surface area contributed by atoms with Crippen molar-refractivity contribution in [3.8, 4) is 0 Å². The molecule has 4 aliphatic rings. The van der Waals surface area contributed by atoms with E-state index < -0.39 is 0 Å². The highest BCUT2D eigenvalue weighted by atomic mass is 16.5. The van der Waals surface area contributed by atoms with Crippen LogP contribution in [0.3, 0.4) is 0 Å². The molecule has 4 rings (SSSR count). The predicted octanol–water partition coefficient (Wildman–Crippen LogP) is 4.86. The van der Waals surface area contributed by atoms with Crippen LogP contribution in [0.5, 0.6) is 0 Å². The van der Waals surface area contributed by atoms with Gasteiger partial charge in [-0.05, 0) is 80.8 Å². The molecule has 0 aromatic heterocycles. The summed E-state index contributed by atoms with van der Waals surface area (Å²) in [4.78, 5) is 23.3. The third-order valence-corrected chi connectivity index (χ3v) is 8.55. The van der Waals surface area contributed by atoms with Crippen molar-refractivity contribution in [1.29, 1.82) is 0 Å². The van der Waals surface area contributed by atoms with Gasteiger partial charge in [-0.2, -0.15) is 0 Å². The molecule has 0 heterocycles. The molecule has 0 spiro atoms. The van der Waals surface area contributed by atoms with Crippen LogP contribution in [0.15, 0.2) is 23.8 Å². The van der Waals surface area contributed by atoms with Crippen LogP contribution in [0.1, 0.15) is 66.2 Å². The Bertz CT molecular complexity index is 690. The molecule has 1 unspecified atom stereocenters. The SMILES string of the molecule is CC(=O)OC(C)[C@H]1CC[C@H]2[C@@H]3CCC4=CC(=O)C=C[C@]4(C)[C@H]3CC[C@]12C. The first-order valence-corrected chi connectivity index (χ1v) is 10.4. The number of allylic oxidation sites excluding steroid dienone is 4. The van der Waals surface area contributed by atoms with Gasteiger partial charge in [0.25, 0.3) is 0 Å². The summed E-state index contributed by atoms with van der Waals surface area (Å²) in [6.45, 7) is 8.42. The van der Waals surface area contributed by atoms with Crippen LogP contribution in [-0.4, -0.2) is 17.9 Å². The van der Waals surface area contributed by atoms with E-state index >= 15 is 0 Å². The molecule has 0 aliphatic heterocycles. The van der Waals surface area contributed by atoms with E-state index in [9.17, 15) is 9.59 Å². The van der Waals surface area contributed by atoms with Crippen LogP contribution >= 0.6 is 0 Å². The van der Waals surface area contributed by atoms with Crippen LogP contribution in [0.25, 0.3) is 0 Å². The third-order valence-electron chi connectivity index (χ3n) is 8.55. The normalized spacial score (nSPS) is 45.2. The summed E-state index contributed by atoms with van der Waals surface area (Å²) >= 11 is 0. The van der Waals surface area contributed by atoms with E-state index in [1.807, 2.05) is 6.08 Å². The zero-order valence-electron chi connectivity index (χ0n) is 16.6. The van der Waals surface area contributed by atoms with Crippen LogP contribution in [-0.2, 0) is 14.3 Å². The van der Waals surface area contributed by atoms with Gasteiger partial charge in [0.15, 0.2) is 5.78 Å². The number of ether oxygens (including phenoxy) is 1. The number of ketones is 1. The molecule has 3 nitrogen and oxygen atoms in total. The topological polar surface area (TPSA) is 43.4 Å². The van der Waals surface area contributed by atoms with Gasteiger partial charge in [0, 0.05) is 18.3 Å². The number of carbonyl (C=O) groups is 2. The van der Waals surface area contributed by atoms with Crippen molar-refractivity contribution in [3.63, 3.8) is 0 Å². The lowest BCUT2D eigenvalue weighted by molar-refractivity contribution is -0.152. The smallest absolute Gasteiger partial charge is 0.302 e. The number of carbonyl (C=O) groups excluding carboxylic acids is 2. The van der Waals surface area contributed by atoms with E-state index in [1.54, 1.807) is 6.08 Å². The fourth-order valence-electron chi connectivity index (χ4n) is 7.35. The van der Waals surface area contributed by atoms with E-state index in [-0.39, 0.29) is 28.7 Å². The van der Waals surface area contributed by atoms with Crippen molar-refractivity contribution < 1.29 is 14.3 Å². The van der Waals surface area contributed by atoms with Crippen molar-refractivity contribution in [2.24, 2.45) is 34.5 Å². The highest BCUT2D eigenvalue weighted by Gasteiger charge is 2.59. The molecule has 0 radical (unpaired) electrons. The zero-order valence-corrected chi connectivity index (χ0v) is 16.6. The van der Waals surface area contributed by atoms with E-state index in [0.29, 0.717) is 17.8 Å². The van der Waals surface area contributed by atoms with Crippen molar-refractivity contribution in [1.82, 2.24) is 0 Å². The average molecular weight is 357 g/mol. The lowest BCUT2D eigenvalue weighted by atomic mass is 9.47. The van der Waals surface area contributed by atoms with E-state index in [2.05, 4.69) is 26.8 Å². The van der Waals surface area contributed by atoms with Gasteiger partial charge in [0.1, 0.15) is 6.10 Å². The maximum atomic E-state index is 11.9. The quantitative estimate of drug-likeness (QED) is 0.664. The van der Waals surface area contributed by atoms with Crippen LogP contribution in [0.2, 0.25) is 0 Å². The molecular formula is C23H32O3. The molecule has 0 saturated heterocycles. The number of hydrogen-bond acceptors (Lipinski definition) is 3. The second-order valence-corrected chi connectivity index (χ2v) is 9.65. The standard InChI is InChI=1S/C23H32O3/c1-14(26-15(2)24)19-7-8-20-18-6-5-16-13-17(25)9-11-22(16,3)21(18)10-12-23(19,20)4/h9,11,13-14,18-21H,5-8,10,12H2,1-4H3/t14?,18-,19+,20-,21-,22-,23+/m0/s1. The Kier molecular flexibility index (Phi) is 4.20. The van der Waals surface area contributed by atoms with Gasteiger partial charge in [0.05, 0.1) is 0 Å². The summed E-state index contributed by atoms with van der Waals surface area (Å²) in [6, 6.07) is 0. The monoisotopic (exact) mass is 356 g/mol. The number of esters is 1. The fourth-order valence-corrected chi connectivity index (χ4v) is 7.35. The first kappa shape index (κ1) is 18.0. The van der Waals surface area contributed by atoms with Gasteiger partial charge >= 0.3 is 5.97 Å². The molecule has 142 valence electrons. The Balaban J connectivity index is 1.60. The molecule has 3 saturated carbocycles. The van der Waals surface area contributed by atoms with Crippen LogP contribution in [0, 0.1) is 34.5 Å². The molecule has 0 amide bonds. The van der Waals surface area contributed by atoms with Crippen molar-refractivity contribution in [2.45, 2.75) is 72.3 Å². The molecule has 3 heteroatoms. The first-order chi connectivity index (χ1) is 12.3.